The minimum Gasteiger partial charge on any atom is -0.469 e. The Morgan fingerprint density at radius 3 is 2.82 bits per heavy atom. The van der Waals surface area contributed by atoms with Crippen molar-refractivity contribution >= 4 is 30.4 Å². The Morgan fingerprint density at radius 2 is 2.36 bits per heavy atom. The number of thiol groups is 1. The van der Waals surface area contributed by atoms with Crippen molar-refractivity contribution in [2.75, 3.05) is 18.6 Å². The first-order valence-electron chi connectivity index (χ1n) is 3.49. The summed E-state index contributed by atoms with van der Waals surface area (Å²) in [5.74, 6) is 1.68. The molecule has 0 aromatic heterocycles. The number of esters is 1. The topological polar surface area (TPSA) is 26.3 Å². The molecule has 0 amide bonds. The largest absolute Gasteiger partial charge is 0.469 e. The number of hydrogen-bond acceptors (Lipinski definition) is 4. The van der Waals surface area contributed by atoms with Crippen molar-refractivity contribution in [1.29, 1.82) is 0 Å². The standard InChI is InChI=1S/C7H14O2S2/c1-6(10)5-11-4-3-7(8)9-2/h6,10H,3-5H2,1-2H3. The second-order valence-corrected chi connectivity index (χ2v) is 4.28. The number of ether oxygens (including phenoxy) is 1. The molecule has 0 heterocycles. The molecule has 0 saturated heterocycles. The summed E-state index contributed by atoms with van der Waals surface area (Å²) in [6, 6.07) is 0. The van der Waals surface area contributed by atoms with E-state index in [1.807, 2.05) is 6.92 Å². The van der Waals surface area contributed by atoms with Gasteiger partial charge in [-0.25, -0.2) is 0 Å². The Hall–Kier alpha value is 0.170. The molecule has 0 bridgehead atoms. The van der Waals surface area contributed by atoms with Gasteiger partial charge in [-0.3, -0.25) is 4.79 Å². The number of thioether (sulfide) groups is 1. The number of methoxy groups -OCH3 is 1. The number of carbonyl (C=O) groups excluding carboxylic acids is 1. The molecule has 0 saturated carbocycles. The smallest absolute Gasteiger partial charge is 0.306 e. The van der Waals surface area contributed by atoms with E-state index >= 15 is 0 Å². The molecule has 0 aliphatic rings. The van der Waals surface area contributed by atoms with Gasteiger partial charge in [0.25, 0.3) is 0 Å². The molecule has 0 radical (unpaired) electrons. The number of carbonyl (C=O) groups is 1. The third-order valence-corrected chi connectivity index (χ3v) is 2.70. The van der Waals surface area contributed by atoms with E-state index in [2.05, 4.69) is 17.4 Å². The van der Waals surface area contributed by atoms with Crippen LogP contribution in [0.5, 0.6) is 0 Å². The van der Waals surface area contributed by atoms with E-state index in [1.165, 1.54) is 7.11 Å². The van der Waals surface area contributed by atoms with Gasteiger partial charge in [-0.2, -0.15) is 24.4 Å². The minimum absolute atomic E-state index is 0.135. The van der Waals surface area contributed by atoms with Crippen LogP contribution in [0.3, 0.4) is 0 Å². The van der Waals surface area contributed by atoms with E-state index in [1.54, 1.807) is 11.8 Å². The van der Waals surface area contributed by atoms with Crippen molar-refractivity contribution < 1.29 is 9.53 Å². The molecule has 4 heteroatoms. The first-order chi connectivity index (χ1) is 5.16. The van der Waals surface area contributed by atoms with Gasteiger partial charge in [0.2, 0.25) is 0 Å². The van der Waals surface area contributed by atoms with Gasteiger partial charge in [0, 0.05) is 16.8 Å². The summed E-state index contributed by atoms with van der Waals surface area (Å²) >= 11 is 5.94. The average molecular weight is 194 g/mol. The van der Waals surface area contributed by atoms with E-state index in [0.29, 0.717) is 11.7 Å². The maximum Gasteiger partial charge on any atom is 0.306 e. The third kappa shape index (κ3) is 8.07. The van der Waals surface area contributed by atoms with Crippen LogP contribution in [0.2, 0.25) is 0 Å². The molecular weight excluding hydrogens is 180 g/mol. The molecule has 0 N–H and O–H groups in total. The van der Waals surface area contributed by atoms with Crippen molar-refractivity contribution in [3.8, 4) is 0 Å². The van der Waals surface area contributed by atoms with Gasteiger partial charge < -0.3 is 4.74 Å². The SMILES string of the molecule is COC(=O)CCSCC(C)S. The molecule has 1 unspecified atom stereocenters. The molecule has 0 aliphatic heterocycles. The second-order valence-electron chi connectivity index (χ2n) is 2.25. The summed E-state index contributed by atoms with van der Waals surface area (Å²) in [5, 5.41) is 0.401. The zero-order valence-corrected chi connectivity index (χ0v) is 8.58. The summed E-state index contributed by atoms with van der Waals surface area (Å²) in [7, 11) is 1.41. The predicted octanol–water partition coefficient (Wildman–Crippen LogP) is 1.60. The predicted molar refractivity (Wildman–Crippen MR) is 52.4 cm³/mol. The van der Waals surface area contributed by atoms with Crippen LogP contribution >= 0.6 is 24.4 Å². The van der Waals surface area contributed by atoms with Crippen LogP contribution in [0.15, 0.2) is 0 Å². The van der Waals surface area contributed by atoms with Crippen molar-refractivity contribution in [3.63, 3.8) is 0 Å². The van der Waals surface area contributed by atoms with Gasteiger partial charge in [-0.05, 0) is 0 Å². The Balaban J connectivity index is 3.08. The second kappa shape index (κ2) is 6.85. The lowest BCUT2D eigenvalue weighted by atomic mass is 10.5. The van der Waals surface area contributed by atoms with Crippen molar-refractivity contribution in [1.82, 2.24) is 0 Å². The molecule has 0 spiro atoms. The van der Waals surface area contributed by atoms with Crippen LogP contribution in [0, 0.1) is 0 Å². The molecule has 0 aliphatic carbocycles. The highest BCUT2D eigenvalue weighted by Crippen LogP contribution is 2.08. The van der Waals surface area contributed by atoms with Crippen LogP contribution < -0.4 is 0 Å². The van der Waals surface area contributed by atoms with E-state index in [4.69, 9.17) is 0 Å². The Labute approximate surface area is 77.5 Å². The Kier molecular flexibility index (Phi) is 6.96. The third-order valence-electron chi connectivity index (χ3n) is 1.04. The van der Waals surface area contributed by atoms with E-state index in [9.17, 15) is 4.79 Å². The number of hydrogen-bond donors (Lipinski definition) is 1. The normalized spacial score (nSPS) is 12.6. The molecule has 1 atom stereocenters. The zero-order chi connectivity index (χ0) is 8.69. The number of rotatable bonds is 5. The minimum atomic E-state index is -0.135. The van der Waals surface area contributed by atoms with Crippen LogP contribution in [-0.2, 0) is 9.53 Å². The van der Waals surface area contributed by atoms with Gasteiger partial charge in [-0.1, -0.05) is 6.92 Å². The summed E-state index contributed by atoms with van der Waals surface area (Å²) in [4.78, 5) is 10.6. The Bertz CT molecular complexity index is 115. The fraction of sp³-hybridized carbons (Fsp3) is 0.857. The molecule has 0 fully saturated rings. The summed E-state index contributed by atoms with van der Waals surface area (Å²) < 4.78 is 4.49. The highest BCUT2D eigenvalue weighted by molar-refractivity contribution is 8.00. The molecule has 0 aromatic rings. The first kappa shape index (κ1) is 11.2. The molecule has 0 rings (SSSR count). The van der Waals surface area contributed by atoms with Crippen molar-refractivity contribution in [3.05, 3.63) is 0 Å². The maximum atomic E-state index is 10.6. The average Bonchev–Trinajstić information content (AvgIpc) is 1.97. The van der Waals surface area contributed by atoms with Gasteiger partial charge in [0.1, 0.15) is 0 Å². The van der Waals surface area contributed by atoms with Crippen LogP contribution in [0.1, 0.15) is 13.3 Å². The molecule has 2 nitrogen and oxygen atoms in total. The lowest BCUT2D eigenvalue weighted by Gasteiger charge is -2.02. The first-order valence-corrected chi connectivity index (χ1v) is 5.16. The highest BCUT2D eigenvalue weighted by Gasteiger charge is 2.00. The van der Waals surface area contributed by atoms with E-state index < -0.39 is 0 Å². The summed E-state index contributed by atoms with van der Waals surface area (Å²) in [6.07, 6.45) is 0.502. The van der Waals surface area contributed by atoms with Crippen molar-refractivity contribution in [2.45, 2.75) is 18.6 Å². The quantitative estimate of drug-likeness (QED) is 0.409. The fourth-order valence-electron chi connectivity index (χ4n) is 0.511. The zero-order valence-electron chi connectivity index (χ0n) is 6.87. The molecule has 0 aromatic carbocycles. The maximum absolute atomic E-state index is 10.6. The summed E-state index contributed by atoms with van der Waals surface area (Å²) in [5.41, 5.74) is 0. The molecular formula is C7H14O2S2. The van der Waals surface area contributed by atoms with E-state index in [0.717, 1.165) is 11.5 Å². The Morgan fingerprint density at radius 1 is 1.73 bits per heavy atom. The highest BCUT2D eigenvalue weighted by atomic mass is 32.2. The van der Waals surface area contributed by atoms with Crippen LogP contribution in [0.25, 0.3) is 0 Å². The van der Waals surface area contributed by atoms with Crippen molar-refractivity contribution in [2.24, 2.45) is 0 Å². The van der Waals surface area contributed by atoms with E-state index in [-0.39, 0.29) is 5.97 Å². The lowest BCUT2D eigenvalue weighted by molar-refractivity contribution is -0.140. The lowest BCUT2D eigenvalue weighted by Crippen LogP contribution is -2.03. The molecule has 66 valence electrons. The molecule has 11 heavy (non-hydrogen) atoms. The van der Waals surface area contributed by atoms with Crippen LogP contribution in [0.4, 0.5) is 0 Å². The van der Waals surface area contributed by atoms with Crippen LogP contribution in [-0.4, -0.2) is 29.8 Å². The fourth-order valence-corrected chi connectivity index (χ4v) is 1.65. The van der Waals surface area contributed by atoms with Gasteiger partial charge in [0.15, 0.2) is 0 Å². The monoisotopic (exact) mass is 194 g/mol. The van der Waals surface area contributed by atoms with Gasteiger partial charge in [-0.15, -0.1) is 0 Å². The van der Waals surface area contributed by atoms with Gasteiger partial charge >= 0.3 is 5.97 Å². The van der Waals surface area contributed by atoms with Gasteiger partial charge in [0.05, 0.1) is 13.5 Å². The summed E-state index contributed by atoms with van der Waals surface area (Å²) in [6.45, 7) is 2.04.